The van der Waals surface area contributed by atoms with E-state index >= 15 is 0 Å². The van der Waals surface area contributed by atoms with Gasteiger partial charge in [-0.25, -0.2) is 0 Å². The van der Waals surface area contributed by atoms with Crippen LogP contribution in [0, 0.1) is 0 Å². The van der Waals surface area contributed by atoms with E-state index in [1.165, 1.54) is 0 Å². The molecule has 1 aromatic heterocycles. The minimum atomic E-state index is -1.64. The molecule has 1 amide bonds. The van der Waals surface area contributed by atoms with Crippen LogP contribution in [-0.4, -0.2) is 34.6 Å². The summed E-state index contributed by atoms with van der Waals surface area (Å²) in [5, 5.41) is 21.7. The highest BCUT2D eigenvalue weighted by Crippen LogP contribution is 2.23. The summed E-state index contributed by atoms with van der Waals surface area (Å²) in [7, 11) is -1.64. The summed E-state index contributed by atoms with van der Waals surface area (Å²) in [5.74, 6) is -0.259. The number of nitrogens with one attached hydrogen (secondary N) is 1. The Morgan fingerprint density at radius 2 is 2.00 bits per heavy atom. The Kier molecular flexibility index (Phi) is 4.22. The van der Waals surface area contributed by atoms with Gasteiger partial charge in [-0.1, -0.05) is 30.3 Å². The smallest absolute Gasteiger partial charge is 0.422 e. The predicted octanol–water partition coefficient (Wildman–Crippen LogP) is -0.0443. The van der Waals surface area contributed by atoms with Crippen LogP contribution in [0.2, 0.25) is 0 Å². The second-order valence-electron chi connectivity index (χ2n) is 5.49. The van der Waals surface area contributed by atoms with Crippen molar-refractivity contribution in [3.8, 4) is 0 Å². The molecular weight excluding hydrogens is 279 g/mol. The van der Waals surface area contributed by atoms with Crippen LogP contribution >= 0.6 is 0 Å². The number of amides is 1. The van der Waals surface area contributed by atoms with Crippen molar-refractivity contribution < 1.29 is 14.8 Å². The van der Waals surface area contributed by atoms with Crippen LogP contribution in [0.4, 0.5) is 0 Å². The average molecular weight is 296 g/mol. The van der Waals surface area contributed by atoms with Gasteiger partial charge in [-0.2, -0.15) is 0 Å². The molecular formula is C16H17BN2O3. The molecule has 0 radical (unpaired) electrons. The van der Waals surface area contributed by atoms with Gasteiger partial charge in [0, 0.05) is 18.7 Å². The van der Waals surface area contributed by atoms with Gasteiger partial charge in [0.05, 0.1) is 11.5 Å². The van der Waals surface area contributed by atoms with Gasteiger partial charge in [0.2, 0.25) is 5.91 Å². The van der Waals surface area contributed by atoms with Crippen LogP contribution in [0.15, 0.2) is 42.5 Å². The highest BCUT2D eigenvalue weighted by atomic mass is 16.4. The maximum atomic E-state index is 11.9. The fourth-order valence-electron chi connectivity index (χ4n) is 2.78. The molecule has 0 aliphatic carbocycles. The number of pyridine rings is 1. The predicted molar refractivity (Wildman–Crippen MR) is 83.7 cm³/mol. The van der Waals surface area contributed by atoms with Crippen LogP contribution in [0.3, 0.4) is 0 Å². The second-order valence-corrected chi connectivity index (χ2v) is 5.49. The molecule has 112 valence electrons. The van der Waals surface area contributed by atoms with Crippen molar-refractivity contribution in [2.45, 2.75) is 18.8 Å². The molecule has 6 heteroatoms. The quantitative estimate of drug-likeness (QED) is 0.691. The summed E-state index contributed by atoms with van der Waals surface area (Å²) < 4.78 is 0. The molecule has 1 fully saturated rings. The lowest BCUT2D eigenvalue weighted by Crippen LogP contribution is -2.34. The number of carbonyl (C=O) groups excluding carboxylic acids is 1. The van der Waals surface area contributed by atoms with E-state index in [-0.39, 0.29) is 17.4 Å². The Morgan fingerprint density at radius 1 is 1.23 bits per heavy atom. The summed E-state index contributed by atoms with van der Waals surface area (Å²) in [4.78, 5) is 16.2. The van der Waals surface area contributed by atoms with E-state index in [4.69, 9.17) is 0 Å². The monoisotopic (exact) mass is 296 g/mol. The lowest BCUT2D eigenvalue weighted by atomic mass is 9.82. The summed E-state index contributed by atoms with van der Waals surface area (Å²) in [6, 6.07) is 13.3. The van der Waals surface area contributed by atoms with E-state index in [0.29, 0.717) is 19.4 Å². The number of carbonyl (C=O) groups is 1. The molecule has 1 saturated heterocycles. The summed E-state index contributed by atoms with van der Waals surface area (Å²) in [6.45, 7) is 0.650. The van der Waals surface area contributed by atoms with Crippen molar-refractivity contribution >= 4 is 18.6 Å². The Bertz CT molecular complexity index is 676. The first-order valence-electron chi connectivity index (χ1n) is 7.32. The summed E-state index contributed by atoms with van der Waals surface area (Å²) in [5.41, 5.74) is 2.79. The molecule has 1 aromatic carbocycles. The molecule has 3 rings (SSSR count). The van der Waals surface area contributed by atoms with Gasteiger partial charge in [-0.15, -0.1) is 0 Å². The van der Waals surface area contributed by atoms with Crippen LogP contribution in [-0.2, 0) is 11.2 Å². The van der Waals surface area contributed by atoms with Crippen molar-refractivity contribution in [2.75, 3.05) is 6.54 Å². The van der Waals surface area contributed by atoms with Crippen molar-refractivity contribution in [3.05, 3.63) is 59.3 Å². The Balaban J connectivity index is 1.95. The van der Waals surface area contributed by atoms with Crippen LogP contribution in [0.1, 0.15) is 29.2 Å². The third kappa shape index (κ3) is 3.18. The maximum Gasteiger partial charge on any atom is 0.508 e. The van der Waals surface area contributed by atoms with E-state index < -0.39 is 7.12 Å². The van der Waals surface area contributed by atoms with Gasteiger partial charge < -0.3 is 15.4 Å². The third-order valence-corrected chi connectivity index (χ3v) is 3.86. The minimum Gasteiger partial charge on any atom is -0.422 e. The van der Waals surface area contributed by atoms with E-state index in [1.54, 1.807) is 6.07 Å². The van der Waals surface area contributed by atoms with Crippen molar-refractivity contribution in [1.82, 2.24) is 10.3 Å². The highest BCUT2D eigenvalue weighted by molar-refractivity contribution is 6.57. The topological polar surface area (TPSA) is 82.5 Å². The number of nitrogens with zero attached hydrogens (tertiary/aromatic N) is 1. The lowest BCUT2D eigenvalue weighted by Gasteiger charge is -2.12. The lowest BCUT2D eigenvalue weighted by molar-refractivity contribution is -0.120. The van der Waals surface area contributed by atoms with Crippen LogP contribution < -0.4 is 10.9 Å². The zero-order valence-corrected chi connectivity index (χ0v) is 12.1. The zero-order valence-electron chi connectivity index (χ0n) is 12.1. The molecule has 1 atom stereocenters. The standard InChI is InChI=1S/C16H17BN2O3/c20-16-14(6-7-18-16)12-9-13(19-15(10-12)17(21)22)8-11-4-2-1-3-5-11/h1-5,9-10,14,21-22H,6-8H2,(H,18,20)/t14-/m0/s1. The number of hydrogen-bond donors (Lipinski definition) is 3. The Hall–Kier alpha value is -2.18. The van der Waals surface area contributed by atoms with Crippen LogP contribution in [0.5, 0.6) is 0 Å². The third-order valence-electron chi connectivity index (χ3n) is 3.86. The van der Waals surface area contributed by atoms with Gasteiger partial charge in [0.1, 0.15) is 0 Å². The zero-order chi connectivity index (χ0) is 15.5. The molecule has 0 spiro atoms. The largest absolute Gasteiger partial charge is 0.508 e. The highest BCUT2D eigenvalue weighted by Gasteiger charge is 2.27. The first-order valence-corrected chi connectivity index (χ1v) is 7.32. The molecule has 0 saturated carbocycles. The molecule has 1 aliphatic heterocycles. The maximum absolute atomic E-state index is 11.9. The van der Waals surface area contributed by atoms with Crippen molar-refractivity contribution in [2.24, 2.45) is 0 Å². The number of hydrogen-bond acceptors (Lipinski definition) is 4. The van der Waals surface area contributed by atoms with Crippen LogP contribution in [0.25, 0.3) is 0 Å². The van der Waals surface area contributed by atoms with Crippen molar-refractivity contribution in [1.29, 1.82) is 0 Å². The van der Waals surface area contributed by atoms with Gasteiger partial charge in [0.15, 0.2) is 0 Å². The molecule has 5 nitrogen and oxygen atoms in total. The molecule has 3 N–H and O–H groups in total. The number of rotatable bonds is 4. The Labute approximate surface area is 129 Å². The Morgan fingerprint density at radius 3 is 2.64 bits per heavy atom. The minimum absolute atomic E-state index is 0.0183. The van der Waals surface area contributed by atoms with Gasteiger partial charge in [-0.05, 0) is 29.7 Å². The van der Waals surface area contributed by atoms with E-state index in [2.05, 4.69) is 10.3 Å². The normalized spacial score (nSPS) is 17.4. The number of aromatic nitrogens is 1. The molecule has 0 unspecified atom stereocenters. The first-order chi connectivity index (χ1) is 10.6. The summed E-state index contributed by atoms with van der Waals surface area (Å²) in [6.07, 6.45) is 1.30. The molecule has 2 heterocycles. The average Bonchev–Trinajstić information content (AvgIpc) is 2.94. The van der Waals surface area contributed by atoms with Gasteiger partial charge in [0.25, 0.3) is 0 Å². The van der Waals surface area contributed by atoms with Crippen molar-refractivity contribution in [3.63, 3.8) is 0 Å². The first kappa shape index (κ1) is 14.7. The van der Waals surface area contributed by atoms with Gasteiger partial charge in [-0.3, -0.25) is 9.78 Å². The second kappa shape index (κ2) is 6.29. The van der Waals surface area contributed by atoms with E-state index in [0.717, 1.165) is 16.8 Å². The SMILES string of the molecule is O=C1NCC[C@H]1c1cc(Cc2ccccc2)nc(B(O)O)c1. The van der Waals surface area contributed by atoms with E-state index in [9.17, 15) is 14.8 Å². The fourth-order valence-corrected chi connectivity index (χ4v) is 2.78. The summed E-state index contributed by atoms with van der Waals surface area (Å²) >= 11 is 0. The molecule has 1 aliphatic rings. The fraction of sp³-hybridized carbons (Fsp3) is 0.250. The molecule has 22 heavy (non-hydrogen) atoms. The van der Waals surface area contributed by atoms with E-state index in [1.807, 2.05) is 36.4 Å². The molecule has 2 aromatic rings. The molecule has 0 bridgehead atoms. The number of benzene rings is 1. The van der Waals surface area contributed by atoms with Gasteiger partial charge >= 0.3 is 7.12 Å².